The minimum atomic E-state index is 0.421. The van der Waals surface area contributed by atoms with E-state index in [1.807, 2.05) is 12.1 Å². The Morgan fingerprint density at radius 3 is 2.64 bits per heavy atom. The summed E-state index contributed by atoms with van der Waals surface area (Å²) in [4.78, 5) is 0. The van der Waals surface area contributed by atoms with E-state index in [1.54, 1.807) is 6.07 Å². The Balaban J connectivity index is 1.61. The van der Waals surface area contributed by atoms with Crippen molar-refractivity contribution in [3.05, 3.63) is 75.8 Å². The molecule has 1 aliphatic rings. The van der Waals surface area contributed by atoms with Gasteiger partial charge in [-0.1, -0.05) is 59.6 Å². The van der Waals surface area contributed by atoms with Gasteiger partial charge in [-0.05, 0) is 41.8 Å². The monoisotopic (exact) mass is 371 g/mol. The van der Waals surface area contributed by atoms with E-state index in [0.29, 0.717) is 22.7 Å². The number of hydrogen-bond donors (Lipinski definition) is 1. The van der Waals surface area contributed by atoms with Crippen molar-refractivity contribution in [3.8, 4) is 5.75 Å². The normalized spacial score (nSPS) is 14.0. The molecule has 1 N–H and O–H groups in total. The summed E-state index contributed by atoms with van der Waals surface area (Å²) in [7, 11) is 0. The molecule has 0 saturated heterocycles. The number of nitrogens with one attached hydrogen (secondary N) is 1. The van der Waals surface area contributed by atoms with Gasteiger partial charge in [0.15, 0.2) is 0 Å². The van der Waals surface area contributed by atoms with Crippen molar-refractivity contribution in [3.63, 3.8) is 0 Å². The highest BCUT2D eigenvalue weighted by Gasteiger charge is 2.21. The van der Waals surface area contributed by atoms with Crippen LogP contribution in [0.2, 0.25) is 10.0 Å². The smallest absolute Gasteiger partial charge is 0.124 e. The molecule has 3 aromatic carbocycles. The van der Waals surface area contributed by atoms with Crippen LogP contribution in [0.15, 0.2) is 54.6 Å². The molecule has 1 fully saturated rings. The summed E-state index contributed by atoms with van der Waals surface area (Å²) < 4.78 is 6.14. The van der Waals surface area contributed by atoms with Crippen LogP contribution in [0.4, 0.5) is 0 Å². The van der Waals surface area contributed by atoms with Gasteiger partial charge < -0.3 is 10.1 Å². The molecule has 0 heterocycles. The molecule has 1 saturated carbocycles. The second-order valence-electron chi connectivity index (χ2n) is 6.44. The van der Waals surface area contributed by atoms with Crippen molar-refractivity contribution in [1.82, 2.24) is 5.32 Å². The number of fused-ring (bicyclic) bond motifs is 1. The van der Waals surface area contributed by atoms with Crippen molar-refractivity contribution in [1.29, 1.82) is 0 Å². The molecular weight excluding hydrogens is 353 g/mol. The number of benzene rings is 3. The zero-order valence-electron chi connectivity index (χ0n) is 13.8. The first kappa shape index (κ1) is 16.7. The molecule has 0 unspecified atom stereocenters. The van der Waals surface area contributed by atoms with Gasteiger partial charge in [0.2, 0.25) is 0 Å². The van der Waals surface area contributed by atoms with Crippen molar-refractivity contribution >= 4 is 34.0 Å². The van der Waals surface area contributed by atoms with Gasteiger partial charge in [-0.3, -0.25) is 0 Å². The molecule has 0 aliphatic heterocycles. The fraction of sp³-hybridized carbons (Fsp3) is 0.238. The summed E-state index contributed by atoms with van der Waals surface area (Å²) in [5, 5.41) is 7.32. The fourth-order valence-electron chi connectivity index (χ4n) is 2.96. The molecule has 128 valence electrons. The SMILES string of the molecule is Clc1ccc(COc2ccc3ccccc3c2CNC2CC2)c(Cl)c1. The van der Waals surface area contributed by atoms with Gasteiger partial charge in [-0.25, -0.2) is 0 Å². The van der Waals surface area contributed by atoms with Crippen LogP contribution < -0.4 is 10.1 Å². The zero-order chi connectivity index (χ0) is 17.2. The Morgan fingerprint density at radius 2 is 1.84 bits per heavy atom. The Kier molecular flexibility index (Phi) is 4.85. The molecule has 0 bridgehead atoms. The van der Waals surface area contributed by atoms with Gasteiger partial charge in [0.25, 0.3) is 0 Å². The minimum absolute atomic E-state index is 0.421. The molecule has 3 aromatic rings. The van der Waals surface area contributed by atoms with Crippen LogP contribution in [-0.4, -0.2) is 6.04 Å². The molecular formula is C21H19Cl2NO. The predicted molar refractivity (Wildman–Crippen MR) is 105 cm³/mol. The van der Waals surface area contributed by atoms with E-state index in [0.717, 1.165) is 17.9 Å². The second-order valence-corrected chi connectivity index (χ2v) is 7.29. The second kappa shape index (κ2) is 7.25. The summed E-state index contributed by atoms with van der Waals surface area (Å²) >= 11 is 12.2. The maximum Gasteiger partial charge on any atom is 0.124 e. The Bertz CT molecular complexity index is 906. The number of rotatable bonds is 6. The van der Waals surface area contributed by atoms with E-state index in [2.05, 4.69) is 41.7 Å². The van der Waals surface area contributed by atoms with E-state index in [1.165, 1.54) is 29.2 Å². The number of ether oxygens (including phenoxy) is 1. The van der Waals surface area contributed by atoms with Crippen LogP contribution in [-0.2, 0) is 13.2 Å². The summed E-state index contributed by atoms with van der Waals surface area (Å²) in [6.07, 6.45) is 2.53. The topological polar surface area (TPSA) is 21.3 Å². The van der Waals surface area contributed by atoms with E-state index in [9.17, 15) is 0 Å². The molecule has 4 rings (SSSR count). The summed E-state index contributed by atoms with van der Waals surface area (Å²) in [6, 6.07) is 18.7. The molecule has 0 aromatic heterocycles. The molecule has 1 aliphatic carbocycles. The molecule has 2 nitrogen and oxygen atoms in total. The van der Waals surface area contributed by atoms with Crippen LogP contribution in [0, 0.1) is 0 Å². The molecule has 25 heavy (non-hydrogen) atoms. The summed E-state index contributed by atoms with van der Waals surface area (Å²) in [5.41, 5.74) is 2.13. The third kappa shape index (κ3) is 3.92. The quantitative estimate of drug-likeness (QED) is 0.575. The first-order chi connectivity index (χ1) is 12.2. The average Bonchev–Trinajstić information content (AvgIpc) is 3.44. The van der Waals surface area contributed by atoms with Crippen LogP contribution in [0.1, 0.15) is 24.0 Å². The molecule has 0 atom stereocenters. The highest BCUT2D eigenvalue weighted by molar-refractivity contribution is 6.35. The minimum Gasteiger partial charge on any atom is -0.488 e. The first-order valence-corrected chi connectivity index (χ1v) is 9.27. The van der Waals surface area contributed by atoms with Crippen molar-refractivity contribution in [2.24, 2.45) is 0 Å². The third-order valence-electron chi connectivity index (χ3n) is 4.54. The average molecular weight is 372 g/mol. The maximum atomic E-state index is 6.26. The number of halogens is 2. The molecule has 0 radical (unpaired) electrons. The van der Waals surface area contributed by atoms with Gasteiger partial charge in [0.1, 0.15) is 12.4 Å². The molecule has 0 spiro atoms. The Labute approximate surface area is 157 Å². The lowest BCUT2D eigenvalue weighted by atomic mass is 10.0. The lowest BCUT2D eigenvalue weighted by Gasteiger charge is -2.15. The van der Waals surface area contributed by atoms with Crippen molar-refractivity contribution in [2.45, 2.75) is 32.0 Å². The van der Waals surface area contributed by atoms with E-state index < -0.39 is 0 Å². The van der Waals surface area contributed by atoms with Crippen LogP contribution in [0.5, 0.6) is 5.75 Å². The lowest BCUT2D eigenvalue weighted by Crippen LogP contribution is -2.16. The van der Waals surface area contributed by atoms with Gasteiger partial charge in [-0.2, -0.15) is 0 Å². The Hall–Kier alpha value is -1.74. The first-order valence-electron chi connectivity index (χ1n) is 8.51. The van der Waals surface area contributed by atoms with Gasteiger partial charge in [0, 0.05) is 33.8 Å². The van der Waals surface area contributed by atoms with E-state index in [-0.39, 0.29) is 0 Å². The van der Waals surface area contributed by atoms with Gasteiger partial charge in [0.05, 0.1) is 0 Å². The zero-order valence-corrected chi connectivity index (χ0v) is 15.3. The van der Waals surface area contributed by atoms with Gasteiger partial charge in [-0.15, -0.1) is 0 Å². The van der Waals surface area contributed by atoms with Crippen LogP contribution in [0.25, 0.3) is 10.8 Å². The van der Waals surface area contributed by atoms with Crippen LogP contribution >= 0.6 is 23.2 Å². The lowest BCUT2D eigenvalue weighted by molar-refractivity contribution is 0.303. The molecule has 0 amide bonds. The van der Waals surface area contributed by atoms with E-state index in [4.69, 9.17) is 27.9 Å². The fourth-order valence-corrected chi connectivity index (χ4v) is 3.42. The van der Waals surface area contributed by atoms with Crippen molar-refractivity contribution in [2.75, 3.05) is 0 Å². The van der Waals surface area contributed by atoms with Gasteiger partial charge >= 0.3 is 0 Å². The number of hydrogen-bond acceptors (Lipinski definition) is 2. The third-order valence-corrected chi connectivity index (χ3v) is 5.13. The summed E-state index contributed by atoms with van der Waals surface area (Å²) in [5.74, 6) is 0.901. The van der Waals surface area contributed by atoms with E-state index >= 15 is 0 Å². The standard InChI is InChI=1S/C21H19Cl2NO/c22-16-7-5-15(20(23)11-16)13-25-21-10-6-14-3-1-2-4-18(14)19(21)12-24-17-8-9-17/h1-7,10-11,17,24H,8-9,12-13H2. The maximum absolute atomic E-state index is 6.26. The van der Waals surface area contributed by atoms with Crippen molar-refractivity contribution < 1.29 is 4.74 Å². The highest BCUT2D eigenvalue weighted by Crippen LogP contribution is 2.31. The highest BCUT2D eigenvalue weighted by atomic mass is 35.5. The Morgan fingerprint density at radius 1 is 1.00 bits per heavy atom. The predicted octanol–water partition coefficient (Wildman–Crippen LogP) is 5.98. The largest absolute Gasteiger partial charge is 0.488 e. The van der Waals surface area contributed by atoms with Crippen LogP contribution in [0.3, 0.4) is 0 Å². The summed E-state index contributed by atoms with van der Waals surface area (Å²) in [6.45, 7) is 1.24. The molecule has 4 heteroatoms.